The van der Waals surface area contributed by atoms with Crippen molar-refractivity contribution in [2.75, 3.05) is 0 Å². The Balaban J connectivity index is 1.93. The standard InChI is InChI=1S/C16H23BO2/c1-14(2)15(3,4)19-17(18-14)16(11-8-12-16)13-9-6-5-7-10-13/h5-7,9-10H,8,11-12H2,1-4H3. The van der Waals surface area contributed by atoms with E-state index in [1.165, 1.54) is 12.0 Å². The molecule has 0 N–H and O–H groups in total. The second-order valence-electron chi connectivity index (χ2n) is 6.96. The van der Waals surface area contributed by atoms with Crippen molar-refractivity contribution in [2.45, 2.75) is 63.5 Å². The van der Waals surface area contributed by atoms with E-state index in [1.54, 1.807) is 0 Å². The molecule has 1 aliphatic heterocycles. The summed E-state index contributed by atoms with van der Waals surface area (Å²) in [5.41, 5.74) is 0.879. The molecule has 1 saturated heterocycles. The van der Waals surface area contributed by atoms with Gasteiger partial charge in [-0.05, 0) is 46.1 Å². The van der Waals surface area contributed by atoms with E-state index in [1.807, 2.05) is 0 Å². The van der Waals surface area contributed by atoms with E-state index in [-0.39, 0.29) is 23.6 Å². The Bertz CT molecular complexity index is 447. The lowest BCUT2D eigenvalue weighted by atomic mass is 9.44. The van der Waals surface area contributed by atoms with Gasteiger partial charge in [0.25, 0.3) is 0 Å². The van der Waals surface area contributed by atoms with Crippen LogP contribution in [0.15, 0.2) is 30.3 Å². The van der Waals surface area contributed by atoms with Gasteiger partial charge in [0.1, 0.15) is 0 Å². The van der Waals surface area contributed by atoms with Crippen molar-refractivity contribution in [3.63, 3.8) is 0 Å². The van der Waals surface area contributed by atoms with Gasteiger partial charge in [0.15, 0.2) is 0 Å². The molecule has 1 heterocycles. The van der Waals surface area contributed by atoms with Crippen LogP contribution in [-0.2, 0) is 14.6 Å². The van der Waals surface area contributed by atoms with Crippen molar-refractivity contribution in [1.29, 1.82) is 0 Å². The van der Waals surface area contributed by atoms with Crippen LogP contribution < -0.4 is 0 Å². The fourth-order valence-electron chi connectivity index (χ4n) is 3.06. The van der Waals surface area contributed by atoms with E-state index in [9.17, 15) is 0 Å². The van der Waals surface area contributed by atoms with Gasteiger partial charge in [-0.1, -0.05) is 36.8 Å². The summed E-state index contributed by atoms with van der Waals surface area (Å²) in [6, 6.07) is 10.7. The maximum atomic E-state index is 6.30. The van der Waals surface area contributed by atoms with Gasteiger partial charge in [-0.3, -0.25) is 0 Å². The van der Waals surface area contributed by atoms with Crippen molar-refractivity contribution in [3.8, 4) is 0 Å². The van der Waals surface area contributed by atoms with Crippen molar-refractivity contribution in [2.24, 2.45) is 0 Å². The van der Waals surface area contributed by atoms with Crippen LogP contribution in [0.25, 0.3) is 0 Å². The number of hydrogen-bond donors (Lipinski definition) is 0. The average molecular weight is 258 g/mol. The van der Waals surface area contributed by atoms with E-state index >= 15 is 0 Å². The quantitative estimate of drug-likeness (QED) is 0.752. The monoisotopic (exact) mass is 258 g/mol. The van der Waals surface area contributed by atoms with Crippen LogP contribution in [0.2, 0.25) is 0 Å². The third kappa shape index (κ3) is 1.86. The zero-order valence-corrected chi connectivity index (χ0v) is 12.4. The molecule has 0 spiro atoms. The van der Waals surface area contributed by atoms with Crippen LogP contribution in [0.3, 0.4) is 0 Å². The van der Waals surface area contributed by atoms with E-state index in [2.05, 4.69) is 58.0 Å². The van der Waals surface area contributed by atoms with Crippen molar-refractivity contribution < 1.29 is 9.31 Å². The SMILES string of the molecule is CC1(C)OB(C2(c3ccccc3)CCC2)OC1(C)C. The highest BCUT2D eigenvalue weighted by Gasteiger charge is 2.61. The van der Waals surface area contributed by atoms with Crippen molar-refractivity contribution in [3.05, 3.63) is 35.9 Å². The maximum absolute atomic E-state index is 6.30. The van der Waals surface area contributed by atoms with Gasteiger partial charge in [0.05, 0.1) is 11.2 Å². The molecule has 102 valence electrons. The van der Waals surface area contributed by atoms with Crippen LogP contribution >= 0.6 is 0 Å². The maximum Gasteiger partial charge on any atom is 0.469 e. The molecule has 1 aliphatic carbocycles. The fourth-order valence-corrected chi connectivity index (χ4v) is 3.06. The second-order valence-corrected chi connectivity index (χ2v) is 6.96. The van der Waals surface area contributed by atoms with Gasteiger partial charge in [-0.15, -0.1) is 0 Å². The molecule has 19 heavy (non-hydrogen) atoms. The highest BCUT2D eigenvalue weighted by atomic mass is 16.7. The summed E-state index contributed by atoms with van der Waals surface area (Å²) in [5, 5.41) is 0.0618. The first-order valence-corrected chi connectivity index (χ1v) is 7.29. The molecule has 0 atom stereocenters. The molecule has 2 nitrogen and oxygen atoms in total. The zero-order valence-electron chi connectivity index (χ0n) is 12.4. The van der Waals surface area contributed by atoms with Crippen molar-refractivity contribution >= 4 is 7.12 Å². The van der Waals surface area contributed by atoms with Crippen LogP contribution in [0.4, 0.5) is 0 Å². The minimum atomic E-state index is -0.241. The summed E-state index contributed by atoms with van der Waals surface area (Å²) in [7, 11) is -0.117. The normalized spacial score (nSPS) is 27.1. The summed E-state index contributed by atoms with van der Waals surface area (Å²) < 4.78 is 12.6. The molecule has 1 saturated carbocycles. The molecule has 0 aromatic heterocycles. The van der Waals surface area contributed by atoms with Gasteiger partial charge >= 0.3 is 7.12 Å². The van der Waals surface area contributed by atoms with Crippen molar-refractivity contribution in [1.82, 2.24) is 0 Å². The van der Waals surface area contributed by atoms with Gasteiger partial charge in [-0.25, -0.2) is 0 Å². The highest BCUT2D eigenvalue weighted by molar-refractivity contribution is 6.50. The van der Waals surface area contributed by atoms with Gasteiger partial charge in [-0.2, -0.15) is 0 Å². The third-order valence-electron chi connectivity index (χ3n) is 5.30. The molecular weight excluding hydrogens is 235 g/mol. The molecule has 3 heteroatoms. The first-order valence-electron chi connectivity index (χ1n) is 7.29. The molecular formula is C16H23BO2. The van der Waals surface area contributed by atoms with Crippen LogP contribution in [0, 0.1) is 0 Å². The van der Waals surface area contributed by atoms with E-state index in [0.717, 1.165) is 12.8 Å². The predicted octanol–water partition coefficient (Wildman–Crippen LogP) is 3.74. The Morgan fingerprint density at radius 3 is 1.84 bits per heavy atom. The molecule has 0 unspecified atom stereocenters. The Morgan fingerprint density at radius 2 is 1.42 bits per heavy atom. The average Bonchev–Trinajstić information content (AvgIpc) is 2.48. The molecule has 2 aliphatic rings. The number of rotatable bonds is 2. The Kier molecular flexibility index (Phi) is 2.85. The fraction of sp³-hybridized carbons (Fsp3) is 0.625. The van der Waals surface area contributed by atoms with Crippen LogP contribution in [0.5, 0.6) is 0 Å². The Morgan fingerprint density at radius 1 is 0.895 bits per heavy atom. The number of benzene rings is 1. The lowest BCUT2D eigenvalue weighted by Crippen LogP contribution is -2.50. The second kappa shape index (κ2) is 4.10. The van der Waals surface area contributed by atoms with Gasteiger partial charge in [0, 0.05) is 5.31 Å². The number of hydrogen-bond acceptors (Lipinski definition) is 2. The highest BCUT2D eigenvalue weighted by Crippen LogP contribution is 2.51. The predicted molar refractivity (Wildman–Crippen MR) is 78.1 cm³/mol. The molecule has 1 aromatic carbocycles. The molecule has 0 bridgehead atoms. The Labute approximate surface area is 116 Å². The van der Waals surface area contributed by atoms with Gasteiger partial charge in [0.2, 0.25) is 0 Å². The summed E-state index contributed by atoms with van der Waals surface area (Å²) in [4.78, 5) is 0. The smallest absolute Gasteiger partial charge is 0.403 e. The molecule has 0 radical (unpaired) electrons. The summed E-state index contributed by atoms with van der Waals surface area (Å²) in [5.74, 6) is 0. The molecule has 1 aromatic rings. The summed E-state index contributed by atoms with van der Waals surface area (Å²) in [6.07, 6.45) is 3.58. The molecule has 0 amide bonds. The molecule has 2 fully saturated rings. The third-order valence-corrected chi connectivity index (χ3v) is 5.30. The zero-order chi connectivity index (χ0) is 13.7. The van der Waals surface area contributed by atoms with Gasteiger partial charge < -0.3 is 9.31 Å². The minimum Gasteiger partial charge on any atom is -0.403 e. The largest absolute Gasteiger partial charge is 0.469 e. The topological polar surface area (TPSA) is 18.5 Å². The minimum absolute atomic E-state index is 0.0618. The molecule has 3 rings (SSSR count). The summed E-state index contributed by atoms with van der Waals surface area (Å²) >= 11 is 0. The van der Waals surface area contributed by atoms with E-state index in [4.69, 9.17) is 9.31 Å². The van der Waals surface area contributed by atoms with Crippen LogP contribution in [0.1, 0.15) is 52.5 Å². The lowest BCUT2D eigenvalue weighted by molar-refractivity contribution is 0.00578. The van der Waals surface area contributed by atoms with Crippen LogP contribution in [-0.4, -0.2) is 18.3 Å². The summed E-state index contributed by atoms with van der Waals surface area (Å²) in [6.45, 7) is 8.52. The van der Waals surface area contributed by atoms with E-state index in [0.29, 0.717) is 0 Å². The first kappa shape index (κ1) is 13.2. The lowest BCUT2D eigenvalue weighted by Gasteiger charge is -2.43. The Hall–Kier alpha value is -0.795. The van der Waals surface area contributed by atoms with E-state index < -0.39 is 0 Å². The first-order chi connectivity index (χ1) is 8.87.